The highest BCUT2D eigenvalue weighted by Gasteiger charge is 2.73. The second-order valence-corrected chi connectivity index (χ2v) is 14.3. The van der Waals surface area contributed by atoms with Crippen LogP contribution in [0.1, 0.15) is 79.0 Å². The zero-order valence-electron chi connectivity index (χ0n) is 24.1. The second-order valence-electron chi connectivity index (χ2n) is 14.3. The summed E-state index contributed by atoms with van der Waals surface area (Å²) in [6.07, 6.45) is 4.52. The molecule has 2 aromatic carbocycles. The lowest BCUT2D eigenvalue weighted by Gasteiger charge is -2.27. The third kappa shape index (κ3) is 2.84. The summed E-state index contributed by atoms with van der Waals surface area (Å²) in [6.45, 7) is 20.6. The Balaban J connectivity index is 1.69. The lowest BCUT2D eigenvalue weighted by Crippen LogP contribution is -2.81. The molecule has 3 aliphatic rings. The van der Waals surface area contributed by atoms with Gasteiger partial charge in [-0.1, -0.05) is 62.3 Å². The molecule has 0 fully saturated rings. The van der Waals surface area contributed by atoms with Gasteiger partial charge in [0.05, 0.1) is 9.35 Å². The maximum atomic E-state index is 6.94. The van der Waals surface area contributed by atoms with Crippen LogP contribution < -0.4 is 18.8 Å². The lowest BCUT2D eigenvalue weighted by molar-refractivity contribution is -1.02. The van der Waals surface area contributed by atoms with Gasteiger partial charge in [-0.25, -0.2) is 0 Å². The first-order valence-electron chi connectivity index (χ1n) is 13.8. The zero-order valence-corrected chi connectivity index (χ0v) is 24.1. The van der Waals surface area contributed by atoms with Crippen LogP contribution in [0.3, 0.4) is 0 Å². The number of nitrogens with zero attached hydrogens (tertiary/aromatic N) is 3. The molecule has 4 nitrogen and oxygen atoms in total. The van der Waals surface area contributed by atoms with Gasteiger partial charge in [0.2, 0.25) is 23.9 Å². The summed E-state index contributed by atoms with van der Waals surface area (Å²) >= 11 is 0. The summed E-state index contributed by atoms with van der Waals surface area (Å²) in [4.78, 5) is 0. The number of hydrogen-bond donors (Lipinski definition) is 0. The second kappa shape index (κ2) is 6.92. The van der Waals surface area contributed by atoms with Crippen molar-refractivity contribution in [2.75, 3.05) is 0 Å². The van der Waals surface area contributed by atoms with Crippen LogP contribution in [0.2, 0.25) is 0 Å². The molecule has 4 aromatic rings. The first-order chi connectivity index (χ1) is 17.7. The van der Waals surface area contributed by atoms with Crippen LogP contribution in [0, 0.1) is 0 Å². The Bertz CT molecular complexity index is 1700. The van der Waals surface area contributed by atoms with Crippen molar-refractivity contribution < 1.29 is 14.1 Å². The molecule has 7 rings (SSSR count). The number of benzene rings is 2. The third-order valence-electron chi connectivity index (χ3n) is 8.54. The molecule has 0 aliphatic carbocycles. The van der Waals surface area contributed by atoms with Crippen molar-refractivity contribution in [3.8, 4) is 34.0 Å². The molecule has 0 saturated carbocycles. The number of ether oxygens (including phenoxy) is 1. The quantitative estimate of drug-likeness (QED) is 0.152. The fourth-order valence-electron chi connectivity index (χ4n) is 6.35. The molecule has 2 aromatic heterocycles. The normalized spacial score (nSPS) is 18.4. The van der Waals surface area contributed by atoms with Crippen molar-refractivity contribution in [3.05, 3.63) is 83.7 Å². The molecule has 0 radical (unpaired) electrons. The Morgan fingerprint density at radius 2 is 1.08 bits per heavy atom. The molecule has 4 heteroatoms. The van der Waals surface area contributed by atoms with E-state index < -0.39 is 0 Å². The molecule has 1 atom stereocenters. The van der Waals surface area contributed by atoms with Gasteiger partial charge in [-0.05, 0) is 63.3 Å². The van der Waals surface area contributed by atoms with Crippen LogP contribution in [0.4, 0.5) is 11.4 Å². The van der Waals surface area contributed by atoms with Crippen LogP contribution >= 0.6 is 0 Å². The van der Waals surface area contributed by atoms with Crippen molar-refractivity contribution in [2.45, 2.75) is 78.6 Å². The van der Waals surface area contributed by atoms with E-state index in [-0.39, 0.29) is 16.2 Å². The smallest absolute Gasteiger partial charge is 0.318 e. The summed E-state index contributed by atoms with van der Waals surface area (Å²) in [5.74, 6) is 1.89. The fourth-order valence-corrected chi connectivity index (χ4v) is 6.35. The number of hydrogen-bond acceptors (Lipinski definition) is 1. The van der Waals surface area contributed by atoms with E-state index in [0.29, 0.717) is 4.70 Å². The largest absolute Gasteiger partial charge is 0.444 e. The van der Waals surface area contributed by atoms with Gasteiger partial charge >= 0.3 is 11.4 Å². The molecule has 1 unspecified atom stereocenters. The lowest BCUT2D eigenvalue weighted by atomic mass is 9.83. The molecule has 192 valence electrons. The number of aromatic nitrogens is 2. The van der Waals surface area contributed by atoms with Gasteiger partial charge in [-0.15, -0.1) is 0 Å². The number of rotatable bonds is 0. The van der Waals surface area contributed by atoms with E-state index in [4.69, 9.17) is 4.74 Å². The maximum Gasteiger partial charge on any atom is 0.318 e. The van der Waals surface area contributed by atoms with E-state index in [1.54, 1.807) is 0 Å². The first kappa shape index (κ1) is 23.6. The predicted molar refractivity (Wildman–Crippen MR) is 153 cm³/mol. The van der Waals surface area contributed by atoms with E-state index in [2.05, 4.69) is 139 Å². The van der Waals surface area contributed by atoms with Crippen molar-refractivity contribution in [2.24, 2.45) is 0 Å². The van der Waals surface area contributed by atoms with Gasteiger partial charge in [0, 0.05) is 24.3 Å². The zero-order chi connectivity index (χ0) is 27.0. The van der Waals surface area contributed by atoms with E-state index >= 15 is 0 Å². The molecular weight excluding hydrogens is 466 g/mol. The number of fused-ring (bicyclic) bond motifs is 4. The number of pyridine rings is 2. The maximum absolute atomic E-state index is 6.94. The van der Waals surface area contributed by atoms with Crippen molar-refractivity contribution >= 4 is 11.4 Å². The molecule has 1 spiro atoms. The van der Waals surface area contributed by atoms with Crippen LogP contribution in [0.5, 0.6) is 11.5 Å². The van der Waals surface area contributed by atoms with Crippen molar-refractivity contribution in [1.82, 2.24) is 4.70 Å². The van der Waals surface area contributed by atoms with Gasteiger partial charge in [-0.3, -0.25) is 0 Å². The Morgan fingerprint density at radius 1 is 0.553 bits per heavy atom. The monoisotopic (exact) mass is 504 g/mol. The predicted octanol–water partition coefficient (Wildman–Crippen LogP) is 7.79. The highest BCUT2D eigenvalue weighted by atomic mass is 16.5. The SMILES string of the molecule is CC(C)(C)c1cc2c3c(c1)-c1cccc[n+]1[N+]31c3c(cc(C(C)(C)C)cc3-c3cc(C(C)(C)C)cc[n+]31)O2. The van der Waals surface area contributed by atoms with Crippen LogP contribution in [0.15, 0.2) is 67.0 Å². The fraction of sp³-hybridized carbons (Fsp3) is 0.353. The van der Waals surface area contributed by atoms with E-state index in [1.807, 2.05) is 0 Å². The highest BCUT2D eigenvalue weighted by Crippen LogP contribution is 2.61. The Hall–Kier alpha value is -3.50. The molecular formula is C34H38N3O+3. The van der Waals surface area contributed by atoms with Crippen molar-refractivity contribution in [3.63, 3.8) is 0 Å². The molecule has 3 aliphatic heterocycles. The van der Waals surface area contributed by atoms with E-state index in [1.165, 1.54) is 50.6 Å². The standard InChI is InChI=1S/C34H38N3O/c1-32(2,3)21-13-15-36-27(18-21)25-17-23(34(7,8)9)20-29-31(25)37(36)30-24(26-12-10-11-14-35(26)37)16-22(33(4,5)6)19-28(30)38-29/h10-20H,1-9H3/q+3. The molecule has 0 N–H and O–H groups in total. The van der Waals surface area contributed by atoms with Gasteiger partial charge in [0.25, 0.3) is 11.4 Å². The Kier molecular flexibility index (Phi) is 4.30. The summed E-state index contributed by atoms with van der Waals surface area (Å²) in [6, 6.07) is 20.6. The topological polar surface area (TPSA) is 17.0 Å². The van der Waals surface area contributed by atoms with Gasteiger partial charge in [0.15, 0.2) is 4.70 Å². The molecule has 0 amide bonds. The minimum atomic E-state index is -0.0104. The van der Waals surface area contributed by atoms with Gasteiger partial charge in [0.1, 0.15) is 11.1 Å². The average molecular weight is 505 g/mol. The molecule has 0 saturated heterocycles. The Morgan fingerprint density at radius 3 is 1.63 bits per heavy atom. The Labute approximate surface area is 226 Å². The molecule has 5 heterocycles. The molecule has 38 heavy (non-hydrogen) atoms. The van der Waals surface area contributed by atoms with Gasteiger partial charge in [-0.2, -0.15) is 0 Å². The van der Waals surface area contributed by atoms with Crippen LogP contribution in [0.25, 0.3) is 22.5 Å². The van der Waals surface area contributed by atoms with E-state index in [9.17, 15) is 0 Å². The summed E-state index contributed by atoms with van der Waals surface area (Å²) in [5, 5.41) is 0. The van der Waals surface area contributed by atoms with E-state index in [0.717, 1.165) is 11.5 Å². The van der Waals surface area contributed by atoms with Crippen molar-refractivity contribution in [1.29, 1.82) is 0 Å². The van der Waals surface area contributed by atoms with Crippen LogP contribution in [-0.2, 0) is 16.2 Å². The average Bonchev–Trinajstić information content (AvgIpc) is 3.30. The summed E-state index contributed by atoms with van der Waals surface area (Å²) in [7, 11) is 0. The number of quaternary nitrogens is 1. The minimum Gasteiger partial charge on any atom is -0.444 e. The highest BCUT2D eigenvalue weighted by molar-refractivity contribution is 5.93. The summed E-state index contributed by atoms with van der Waals surface area (Å²) in [5.41, 5.74) is 11.2. The third-order valence-corrected chi connectivity index (χ3v) is 8.54. The van der Waals surface area contributed by atoms with Crippen LogP contribution in [-0.4, -0.2) is 0 Å². The first-order valence-corrected chi connectivity index (χ1v) is 13.8. The summed E-state index contributed by atoms with van der Waals surface area (Å²) < 4.78 is 12.3. The minimum absolute atomic E-state index is 0.00170. The van der Waals surface area contributed by atoms with Gasteiger partial charge < -0.3 is 4.74 Å². The molecule has 0 bridgehead atoms.